The quantitative estimate of drug-likeness (QED) is 0.281. The molecule has 0 radical (unpaired) electrons. The molecule has 0 spiro atoms. The summed E-state index contributed by atoms with van der Waals surface area (Å²) in [6.07, 6.45) is 5.59. The molecule has 0 aromatic heterocycles. The number of hydrogen-bond donors (Lipinski definition) is 1. The molecule has 0 amide bonds. The van der Waals surface area contributed by atoms with Gasteiger partial charge in [-0.3, -0.25) is 0 Å². The van der Waals surface area contributed by atoms with Crippen molar-refractivity contribution in [3.63, 3.8) is 0 Å². The third-order valence-corrected chi connectivity index (χ3v) is 1.64. The van der Waals surface area contributed by atoms with Crippen molar-refractivity contribution in [3.05, 3.63) is 29.1 Å². The van der Waals surface area contributed by atoms with Crippen LogP contribution >= 0.6 is 12.2 Å². The summed E-state index contributed by atoms with van der Waals surface area (Å²) >= 11 is 4.84. The van der Waals surface area contributed by atoms with Crippen LogP contribution in [-0.2, 0) is 0 Å². The molecule has 1 N–H and O–H groups in total. The van der Waals surface area contributed by atoms with Gasteiger partial charge in [0.05, 0.1) is 4.86 Å². The highest BCUT2D eigenvalue weighted by molar-refractivity contribution is 7.80. The molecule has 0 saturated carbocycles. The van der Waals surface area contributed by atoms with E-state index in [1.807, 2.05) is 6.08 Å². The van der Waals surface area contributed by atoms with Crippen molar-refractivity contribution in [2.45, 2.75) is 6.42 Å². The van der Waals surface area contributed by atoms with Crippen molar-refractivity contribution in [2.24, 2.45) is 5.28 Å². The minimum absolute atomic E-state index is 0.103. The second-order valence-corrected chi connectivity index (χ2v) is 2.46. The number of hydroxylamine groups is 1. The minimum Gasteiger partial charge on any atom is -0.592 e. The van der Waals surface area contributed by atoms with Crippen LogP contribution in [0.3, 0.4) is 0 Å². The van der Waals surface area contributed by atoms with Crippen molar-refractivity contribution in [3.8, 4) is 0 Å². The number of allylic oxidation sites excluding steroid dienone is 4. The van der Waals surface area contributed by atoms with Crippen molar-refractivity contribution < 1.29 is 10.1 Å². The van der Waals surface area contributed by atoms with E-state index in [4.69, 9.17) is 17.4 Å². The SMILES string of the molecule is [O-][N+](=NO)C1=CC=CCC1=S. The summed E-state index contributed by atoms with van der Waals surface area (Å²) in [7, 11) is 0. The molecule has 1 rings (SSSR count). The summed E-state index contributed by atoms with van der Waals surface area (Å²) in [4.78, 5) is 0.589. The predicted molar refractivity (Wildman–Crippen MR) is 42.3 cm³/mol. The lowest BCUT2D eigenvalue weighted by molar-refractivity contribution is -0.499. The molecule has 11 heavy (non-hydrogen) atoms. The van der Waals surface area contributed by atoms with Gasteiger partial charge in [0, 0.05) is 12.5 Å². The van der Waals surface area contributed by atoms with Crippen molar-refractivity contribution in [1.29, 1.82) is 0 Å². The lowest BCUT2D eigenvalue weighted by Crippen LogP contribution is -2.11. The fourth-order valence-corrected chi connectivity index (χ4v) is 0.993. The molecule has 0 unspecified atom stereocenters. The van der Waals surface area contributed by atoms with Gasteiger partial charge in [-0.1, -0.05) is 24.4 Å². The highest BCUT2D eigenvalue weighted by Crippen LogP contribution is 2.10. The first-order chi connectivity index (χ1) is 5.25. The van der Waals surface area contributed by atoms with E-state index < -0.39 is 0 Å². The fraction of sp³-hybridized carbons (Fsp3) is 0.167. The standard InChI is InChI=1S/C6H6N2O2S/c9-7-8(10)5-3-1-2-4-6(5)11/h1-3,9H,4H2. The maximum Gasteiger partial charge on any atom is 0.262 e. The Morgan fingerprint density at radius 2 is 2.45 bits per heavy atom. The number of nitrogens with zero attached hydrogens (tertiary/aromatic N) is 2. The Morgan fingerprint density at radius 1 is 1.73 bits per heavy atom. The van der Waals surface area contributed by atoms with Gasteiger partial charge in [0.1, 0.15) is 0 Å². The van der Waals surface area contributed by atoms with Crippen LogP contribution in [0.15, 0.2) is 29.2 Å². The van der Waals surface area contributed by atoms with E-state index in [9.17, 15) is 5.21 Å². The normalized spacial score (nSPS) is 18.4. The van der Waals surface area contributed by atoms with E-state index in [0.717, 1.165) is 0 Å². The van der Waals surface area contributed by atoms with Crippen molar-refractivity contribution in [2.75, 3.05) is 0 Å². The Kier molecular flexibility index (Phi) is 2.32. The van der Waals surface area contributed by atoms with Crippen LogP contribution in [0.5, 0.6) is 0 Å². The molecule has 0 saturated heterocycles. The fourth-order valence-electron chi connectivity index (χ4n) is 0.750. The zero-order valence-electron chi connectivity index (χ0n) is 5.60. The van der Waals surface area contributed by atoms with Gasteiger partial charge in [-0.15, -0.1) is 0 Å². The Labute approximate surface area is 68.7 Å². The van der Waals surface area contributed by atoms with Gasteiger partial charge in [0.25, 0.3) is 5.70 Å². The summed E-state index contributed by atoms with van der Waals surface area (Å²) in [5.41, 5.74) is 0.227. The van der Waals surface area contributed by atoms with Gasteiger partial charge in [0.15, 0.2) is 0 Å². The maximum absolute atomic E-state index is 10.7. The largest absolute Gasteiger partial charge is 0.592 e. The monoisotopic (exact) mass is 170 g/mol. The van der Waals surface area contributed by atoms with Crippen LogP contribution in [0, 0.1) is 5.21 Å². The molecule has 0 fully saturated rings. The highest BCUT2D eigenvalue weighted by atomic mass is 32.1. The first kappa shape index (κ1) is 7.87. The molecule has 5 heteroatoms. The van der Waals surface area contributed by atoms with Crippen molar-refractivity contribution in [1.82, 2.24) is 0 Å². The van der Waals surface area contributed by atoms with E-state index in [2.05, 4.69) is 5.28 Å². The molecule has 0 aromatic carbocycles. The van der Waals surface area contributed by atoms with Crippen LogP contribution < -0.4 is 0 Å². The first-order valence-corrected chi connectivity index (χ1v) is 3.39. The van der Waals surface area contributed by atoms with Crippen molar-refractivity contribution >= 4 is 17.1 Å². The van der Waals surface area contributed by atoms with Gasteiger partial charge in [0.2, 0.25) is 5.28 Å². The molecular formula is C6H6N2O2S. The number of thiocarbonyl (C=S) groups is 1. The van der Waals surface area contributed by atoms with Gasteiger partial charge >= 0.3 is 0 Å². The lowest BCUT2D eigenvalue weighted by Gasteiger charge is -2.03. The maximum atomic E-state index is 10.7. The van der Waals surface area contributed by atoms with Gasteiger partial charge in [-0.25, -0.2) is 0 Å². The Balaban J connectivity index is 2.93. The van der Waals surface area contributed by atoms with E-state index in [-0.39, 0.29) is 10.6 Å². The van der Waals surface area contributed by atoms with Crippen LogP contribution in [-0.4, -0.2) is 14.9 Å². The van der Waals surface area contributed by atoms with Gasteiger partial charge in [-0.2, -0.15) is 0 Å². The zero-order valence-corrected chi connectivity index (χ0v) is 6.41. The lowest BCUT2D eigenvalue weighted by atomic mass is 10.1. The molecule has 0 bridgehead atoms. The van der Waals surface area contributed by atoms with Crippen LogP contribution in [0.4, 0.5) is 0 Å². The van der Waals surface area contributed by atoms with Gasteiger partial charge in [-0.05, 0) is 4.86 Å². The van der Waals surface area contributed by atoms with E-state index in [0.29, 0.717) is 11.3 Å². The zero-order chi connectivity index (χ0) is 8.27. The van der Waals surface area contributed by atoms with E-state index in [1.165, 1.54) is 6.08 Å². The molecule has 1 aliphatic rings. The average molecular weight is 170 g/mol. The smallest absolute Gasteiger partial charge is 0.262 e. The summed E-state index contributed by atoms with van der Waals surface area (Å²) in [5, 5.41) is 21.3. The topological polar surface area (TPSA) is 58.7 Å². The van der Waals surface area contributed by atoms with Gasteiger partial charge < -0.3 is 10.4 Å². The molecule has 0 atom stereocenters. The first-order valence-electron chi connectivity index (χ1n) is 2.98. The molecule has 0 aliphatic heterocycles. The average Bonchev–Trinajstić information content (AvgIpc) is 2.04. The molecule has 58 valence electrons. The molecule has 0 heterocycles. The van der Waals surface area contributed by atoms with E-state index in [1.54, 1.807) is 6.08 Å². The molecular weight excluding hydrogens is 164 g/mol. The molecule has 1 aliphatic carbocycles. The number of hydrogen-bond acceptors (Lipinski definition) is 3. The summed E-state index contributed by atoms with van der Waals surface area (Å²) in [6, 6.07) is 0. The minimum atomic E-state index is 0.103. The summed E-state index contributed by atoms with van der Waals surface area (Å²) < 4.78 is 0. The summed E-state index contributed by atoms with van der Waals surface area (Å²) in [6.45, 7) is 0. The Bertz CT molecular complexity index is 268. The third kappa shape index (κ3) is 1.62. The highest BCUT2D eigenvalue weighted by Gasteiger charge is 2.15. The van der Waals surface area contributed by atoms with Crippen LogP contribution in [0.25, 0.3) is 0 Å². The second-order valence-electron chi connectivity index (χ2n) is 1.97. The van der Waals surface area contributed by atoms with Crippen LogP contribution in [0.1, 0.15) is 6.42 Å². The van der Waals surface area contributed by atoms with Crippen LogP contribution in [0.2, 0.25) is 0 Å². The Morgan fingerprint density at radius 3 is 3.00 bits per heavy atom. The second kappa shape index (κ2) is 3.25. The van der Waals surface area contributed by atoms with E-state index >= 15 is 0 Å². The molecule has 4 nitrogen and oxygen atoms in total. The summed E-state index contributed by atoms with van der Waals surface area (Å²) in [5.74, 6) is 0. The Hall–Kier alpha value is -1.23. The number of rotatable bonds is 1. The third-order valence-electron chi connectivity index (χ3n) is 1.27. The molecule has 0 aromatic rings. The predicted octanol–water partition coefficient (Wildman–Crippen LogP) is 1.55.